The van der Waals surface area contributed by atoms with Gasteiger partial charge in [0.15, 0.2) is 11.7 Å². The maximum absolute atomic E-state index is 12.3. The quantitative estimate of drug-likeness (QED) is 0.201. The second-order valence-corrected chi connectivity index (χ2v) is 8.88. The molecule has 2 aromatic carbocycles. The van der Waals surface area contributed by atoms with Gasteiger partial charge in [-0.3, -0.25) is 19.6 Å². The molecule has 1 heterocycles. The van der Waals surface area contributed by atoms with Crippen molar-refractivity contribution >= 4 is 55.8 Å². The van der Waals surface area contributed by atoms with Gasteiger partial charge in [0, 0.05) is 35.5 Å². The molecule has 0 aliphatic carbocycles. The number of ether oxygens (including phenoxy) is 1. The summed E-state index contributed by atoms with van der Waals surface area (Å²) in [5, 5.41) is 15.0. The predicted molar refractivity (Wildman–Crippen MR) is 121 cm³/mol. The highest BCUT2D eigenvalue weighted by Gasteiger charge is 2.15. The monoisotopic (exact) mass is 488 g/mol. The number of amides is 1. The Bertz CT molecular complexity index is 1270. The minimum Gasteiger partial charge on any atom is -0.452 e. The lowest BCUT2D eigenvalue weighted by atomic mass is 10.2. The second kappa shape index (κ2) is 10.5. The Hall–Kier alpha value is -4.10. The van der Waals surface area contributed by atoms with Crippen molar-refractivity contribution in [1.82, 2.24) is 4.98 Å². The molecule has 3 rings (SSSR count). The Morgan fingerprint density at radius 2 is 1.82 bits per heavy atom. The first-order valence-corrected chi connectivity index (χ1v) is 11.5. The zero-order valence-corrected chi connectivity index (χ0v) is 18.3. The number of aromatic nitrogens is 1. The van der Waals surface area contributed by atoms with Crippen LogP contribution in [0.15, 0.2) is 71.1 Å². The number of carbonyl (C=O) groups excluding carboxylic acids is 2. The molecule has 0 bridgehead atoms. The van der Waals surface area contributed by atoms with E-state index in [1.807, 2.05) is 0 Å². The number of anilines is 2. The molecular formula is C20H16N4O7S2. The summed E-state index contributed by atoms with van der Waals surface area (Å²) in [5.41, 5.74) is 0.778. The zero-order chi connectivity index (χ0) is 23.8. The van der Waals surface area contributed by atoms with Crippen molar-refractivity contribution in [1.29, 1.82) is 0 Å². The lowest BCUT2D eigenvalue weighted by molar-refractivity contribution is -0.384. The van der Waals surface area contributed by atoms with Gasteiger partial charge in [0.2, 0.25) is 0 Å². The number of nitrogens with one attached hydrogen (secondary N) is 2. The minimum absolute atomic E-state index is 0.0153. The van der Waals surface area contributed by atoms with Gasteiger partial charge in [0.1, 0.15) is 0 Å². The highest BCUT2D eigenvalue weighted by Crippen LogP contribution is 2.19. The first kappa shape index (κ1) is 23.6. The summed E-state index contributed by atoms with van der Waals surface area (Å²) in [6, 6.07) is 10.9. The fourth-order valence-corrected chi connectivity index (χ4v) is 4.21. The Morgan fingerprint density at radius 3 is 2.42 bits per heavy atom. The van der Waals surface area contributed by atoms with E-state index in [2.05, 4.69) is 15.0 Å². The summed E-state index contributed by atoms with van der Waals surface area (Å²) in [6.45, 7) is -0.560. The topological polar surface area (TPSA) is 158 Å². The highest BCUT2D eigenvalue weighted by atomic mass is 32.2. The predicted octanol–water partition coefficient (Wildman–Crippen LogP) is 3.05. The second-order valence-electron chi connectivity index (χ2n) is 6.30. The number of non-ortho nitro benzene ring substituents is 1. The standard InChI is InChI=1S/C20H16N4O7S2/c25-18(13-31-19(26)10-3-14-1-6-16(7-2-14)24(27)28)22-15-4-8-17(9-5-15)33(29,30)23-20-21-11-12-32-20/h1-12H,13H2,(H,21,23)(H,22,25)/b10-3+. The van der Waals surface area contributed by atoms with Crippen LogP contribution in [-0.4, -0.2) is 36.8 Å². The average Bonchev–Trinajstić information content (AvgIpc) is 3.29. The van der Waals surface area contributed by atoms with Crippen LogP contribution in [0.25, 0.3) is 6.08 Å². The van der Waals surface area contributed by atoms with Crippen LogP contribution in [-0.2, 0) is 24.3 Å². The molecule has 0 aliphatic heterocycles. The van der Waals surface area contributed by atoms with Crippen molar-refractivity contribution in [3.63, 3.8) is 0 Å². The third-order valence-electron chi connectivity index (χ3n) is 3.96. The van der Waals surface area contributed by atoms with Crippen molar-refractivity contribution in [2.45, 2.75) is 4.90 Å². The van der Waals surface area contributed by atoms with Gasteiger partial charge >= 0.3 is 5.97 Å². The van der Waals surface area contributed by atoms with E-state index in [1.165, 1.54) is 60.8 Å². The van der Waals surface area contributed by atoms with Crippen molar-refractivity contribution in [3.8, 4) is 0 Å². The third kappa shape index (κ3) is 6.95. The molecular weight excluding hydrogens is 472 g/mol. The smallest absolute Gasteiger partial charge is 0.331 e. The summed E-state index contributed by atoms with van der Waals surface area (Å²) in [6.07, 6.45) is 3.95. The van der Waals surface area contributed by atoms with Crippen molar-refractivity contribution in [3.05, 3.63) is 81.9 Å². The fourth-order valence-electron chi connectivity index (χ4n) is 2.42. The number of rotatable bonds is 9. The van der Waals surface area contributed by atoms with Gasteiger partial charge in [-0.05, 0) is 48.0 Å². The van der Waals surface area contributed by atoms with Crippen LogP contribution in [0.1, 0.15) is 5.56 Å². The molecule has 0 unspecified atom stereocenters. The molecule has 13 heteroatoms. The first-order valence-electron chi connectivity index (χ1n) is 9.14. The van der Waals surface area contributed by atoms with Crippen LogP contribution >= 0.6 is 11.3 Å². The van der Waals surface area contributed by atoms with Crippen LogP contribution in [0.5, 0.6) is 0 Å². The summed E-state index contributed by atoms with van der Waals surface area (Å²) in [4.78, 5) is 37.7. The van der Waals surface area contributed by atoms with Gasteiger partial charge in [-0.2, -0.15) is 0 Å². The Balaban J connectivity index is 1.48. The maximum atomic E-state index is 12.3. The Morgan fingerprint density at radius 1 is 1.12 bits per heavy atom. The van der Waals surface area contributed by atoms with Gasteiger partial charge in [-0.25, -0.2) is 18.2 Å². The lowest BCUT2D eigenvalue weighted by Crippen LogP contribution is -2.20. The third-order valence-corrected chi connectivity index (χ3v) is 6.14. The molecule has 0 aliphatic rings. The largest absolute Gasteiger partial charge is 0.452 e. The Kier molecular flexibility index (Phi) is 7.48. The zero-order valence-electron chi connectivity index (χ0n) is 16.7. The summed E-state index contributed by atoms with van der Waals surface area (Å²) >= 11 is 1.14. The van der Waals surface area contributed by atoms with E-state index in [9.17, 15) is 28.1 Å². The summed E-state index contributed by atoms with van der Waals surface area (Å²) < 4.78 is 31.8. The number of esters is 1. The van der Waals surface area contributed by atoms with E-state index < -0.39 is 33.4 Å². The van der Waals surface area contributed by atoms with Crippen molar-refractivity contribution < 1.29 is 27.7 Å². The molecule has 170 valence electrons. The molecule has 1 aromatic heterocycles. The van der Waals surface area contributed by atoms with Crippen LogP contribution in [0, 0.1) is 10.1 Å². The number of benzene rings is 2. The molecule has 1 amide bonds. The molecule has 0 spiro atoms. The van der Waals surface area contributed by atoms with Gasteiger partial charge in [0.25, 0.3) is 21.6 Å². The number of nitro groups is 1. The number of carbonyl (C=O) groups is 2. The van der Waals surface area contributed by atoms with Gasteiger partial charge in [-0.1, -0.05) is 0 Å². The molecule has 0 radical (unpaired) electrons. The normalized spacial score (nSPS) is 11.2. The number of nitro benzene ring substituents is 1. The van der Waals surface area contributed by atoms with Crippen LogP contribution < -0.4 is 10.0 Å². The number of sulfonamides is 1. The van der Waals surface area contributed by atoms with Gasteiger partial charge < -0.3 is 10.1 Å². The first-order chi connectivity index (χ1) is 15.7. The highest BCUT2D eigenvalue weighted by molar-refractivity contribution is 7.93. The number of hydrogen-bond acceptors (Lipinski definition) is 9. The summed E-state index contributed by atoms with van der Waals surface area (Å²) in [5.74, 6) is -1.40. The van der Waals surface area contributed by atoms with Crippen LogP contribution in [0.3, 0.4) is 0 Å². The molecule has 0 saturated carbocycles. The van der Waals surface area contributed by atoms with E-state index in [0.717, 1.165) is 17.4 Å². The number of hydrogen-bond donors (Lipinski definition) is 2. The molecule has 11 nitrogen and oxygen atoms in total. The summed E-state index contributed by atoms with van der Waals surface area (Å²) in [7, 11) is -3.81. The van der Waals surface area contributed by atoms with E-state index >= 15 is 0 Å². The number of thiazole rings is 1. The molecule has 3 aromatic rings. The maximum Gasteiger partial charge on any atom is 0.331 e. The molecule has 2 N–H and O–H groups in total. The van der Waals surface area contributed by atoms with Crippen molar-refractivity contribution in [2.24, 2.45) is 0 Å². The van der Waals surface area contributed by atoms with Crippen LogP contribution in [0.4, 0.5) is 16.5 Å². The molecule has 0 fully saturated rings. The SMILES string of the molecule is O=C(COC(=O)/C=C/c1ccc([N+](=O)[O-])cc1)Nc1ccc(S(=O)(=O)Nc2nccs2)cc1. The fraction of sp³-hybridized carbons (Fsp3) is 0.0500. The molecule has 0 atom stereocenters. The van der Waals surface area contributed by atoms with E-state index in [1.54, 1.807) is 5.38 Å². The number of nitrogens with zero attached hydrogens (tertiary/aromatic N) is 2. The molecule has 0 saturated heterocycles. The molecule has 33 heavy (non-hydrogen) atoms. The van der Waals surface area contributed by atoms with Gasteiger partial charge in [0.05, 0.1) is 9.82 Å². The van der Waals surface area contributed by atoms with E-state index in [-0.39, 0.29) is 15.7 Å². The van der Waals surface area contributed by atoms with Gasteiger partial charge in [-0.15, -0.1) is 11.3 Å². The minimum atomic E-state index is -3.81. The Labute approximate surface area is 191 Å². The van der Waals surface area contributed by atoms with Crippen LogP contribution in [0.2, 0.25) is 0 Å². The lowest BCUT2D eigenvalue weighted by Gasteiger charge is -2.08. The van der Waals surface area contributed by atoms with E-state index in [0.29, 0.717) is 11.3 Å². The average molecular weight is 489 g/mol. The van der Waals surface area contributed by atoms with E-state index in [4.69, 9.17) is 4.74 Å². The van der Waals surface area contributed by atoms with Crippen molar-refractivity contribution in [2.75, 3.05) is 16.6 Å².